The Morgan fingerprint density at radius 2 is 2.25 bits per heavy atom. The number of hydrogen-bond acceptors (Lipinski definition) is 3. The summed E-state index contributed by atoms with van der Waals surface area (Å²) >= 11 is 1.64. The molecule has 1 aliphatic rings. The van der Waals surface area contributed by atoms with Gasteiger partial charge < -0.3 is 10.6 Å². The van der Waals surface area contributed by atoms with Crippen molar-refractivity contribution in [3.8, 4) is 0 Å². The standard InChI is InChI=1S/C14H18N4OS/c1-18-13(10-4-5-10)7-11(17-18)8-15-14(19)16-9-12-3-2-6-20-12/h2-3,6-7,10H,4-5,8-9H2,1H3,(H2,15,16,19). The van der Waals surface area contributed by atoms with Crippen LogP contribution < -0.4 is 10.6 Å². The van der Waals surface area contributed by atoms with Crippen LogP contribution in [0.1, 0.15) is 35.0 Å². The van der Waals surface area contributed by atoms with E-state index in [1.54, 1.807) is 11.3 Å². The quantitative estimate of drug-likeness (QED) is 0.888. The third kappa shape index (κ3) is 3.19. The molecule has 0 radical (unpaired) electrons. The second-order valence-electron chi connectivity index (χ2n) is 5.07. The molecule has 1 aliphatic carbocycles. The zero-order chi connectivity index (χ0) is 13.9. The second kappa shape index (κ2) is 5.66. The van der Waals surface area contributed by atoms with Crippen LogP contribution in [0.25, 0.3) is 0 Å². The van der Waals surface area contributed by atoms with E-state index in [9.17, 15) is 4.79 Å². The molecule has 1 fully saturated rings. The van der Waals surface area contributed by atoms with Crippen LogP contribution in [0.5, 0.6) is 0 Å². The third-order valence-corrected chi connectivity index (χ3v) is 4.27. The zero-order valence-electron chi connectivity index (χ0n) is 11.4. The summed E-state index contributed by atoms with van der Waals surface area (Å²) < 4.78 is 1.93. The van der Waals surface area contributed by atoms with Crippen molar-refractivity contribution >= 4 is 17.4 Å². The van der Waals surface area contributed by atoms with Gasteiger partial charge in [-0.25, -0.2) is 4.79 Å². The molecule has 106 valence electrons. The number of carbonyl (C=O) groups is 1. The fourth-order valence-corrected chi connectivity index (χ4v) is 2.85. The molecule has 5 nitrogen and oxygen atoms in total. The molecule has 0 atom stereocenters. The SMILES string of the molecule is Cn1nc(CNC(=O)NCc2cccs2)cc1C1CC1. The average molecular weight is 290 g/mol. The van der Waals surface area contributed by atoms with Gasteiger partial charge in [0.2, 0.25) is 0 Å². The van der Waals surface area contributed by atoms with E-state index in [2.05, 4.69) is 21.8 Å². The Balaban J connectivity index is 1.46. The van der Waals surface area contributed by atoms with Crippen LogP contribution >= 0.6 is 11.3 Å². The lowest BCUT2D eigenvalue weighted by Crippen LogP contribution is -2.34. The number of thiophene rings is 1. The van der Waals surface area contributed by atoms with Gasteiger partial charge in [0.25, 0.3) is 0 Å². The van der Waals surface area contributed by atoms with Gasteiger partial charge in [-0.05, 0) is 30.4 Å². The molecule has 0 aliphatic heterocycles. The maximum absolute atomic E-state index is 11.7. The second-order valence-corrected chi connectivity index (χ2v) is 6.11. The lowest BCUT2D eigenvalue weighted by atomic mass is 10.2. The molecule has 3 rings (SSSR count). The molecule has 2 amide bonds. The molecule has 0 saturated heterocycles. The Morgan fingerprint density at radius 3 is 2.95 bits per heavy atom. The normalized spacial score (nSPS) is 14.2. The van der Waals surface area contributed by atoms with Crippen molar-refractivity contribution in [3.05, 3.63) is 39.8 Å². The van der Waals surface area contributed by atoms with Gasteiger partial charge in [0.15, 0.2) is 0 Å². The van der Waals surface area contributed by atoms with E-state index in [0.29, 0.717) is 19.0 Å². The van der Waals surface area contributed by atoms with Gasteiger partial charge in [-0.2, -0.15) is 5.10 Å². The predicted octanol–water partition coefficient (Wildman–Crippen LogP) is 2.36. The predicted molar refractivity (Wildman–Crippen MR) is 78.6 cm³/mol. The fraction of sp³-hybridized carbons (Fsp3) is 0.429. The number of nitrogens with zero attached hydrogens (tertiary/aromatic N) is 2. The minimum atomic E-state index is -0.156. The molecule has 2 heterocycles. The highest BCUT2D eigenvalue weighted by Gasteiger charge is 2.27. The number of urea groups is 1. The molecule has 0 spiro atoms. The number of rotatable bonds is 5. The smallest absolute Gasteiger partial charge is 0.315 e. The highest BCUT2D eigenvalue weighted by molar-refractivity contribution is 7.09. The van der Waals surface area contributed by atoms with Crippen molar-refractivity contribution in [2.45, 2.75) is 31.8 Å². The van der Waals surface area contributed by atoms with Gasteiger partial charge in [0, 0.05) is 23.5 Å². The first-order chi connectivity index (χ1) is 9.72. The van der Waals surface area contributed by atoms with E-state index in [1.807, 2.05) is 29.2 Å². The average Bonchev–Trinajstić information content (AvgIpc) is 3.00. The summed E-state index contributed by atoms with van der Waals surface area (Å²) in [5, 5.41) is 12.1. The molecule has 6 heteroatoms. The number of carbonyl (C=O) groups excluding carboxylic acids is 1. The van der Waals surface area contributed by atoms with Crippen LogP contribution in [0.2, 0.25) is 0 Å². The largest absolute Gasteiger partial charge is 0.333 e. The van der Waals surface area contributed by atoms with E-state index in [1.165, 1.54) is 18.5 Å². The van der Waals surface area contributed by atoms with E-state index in [0.717, 1.165) is 10.6 Å². The molecule has 0 bridgehead atoms. The first-order valence-corrected chi connectivity index (χ1v) is 7.67. The Kier molecular flexibility index (Phi) is 3.73. The summed E-state index contributed by atoms with van der Waals surface area (Å²) in [5.74, 6) is 0.675. The van der Waals surface area contributed by atoms with Crippen molar-refractivity contribution < 1.29 is 4.79 Å². The minimum absolute atomic E-state index is 0.156. The summed E-state index contributed by atoms with van der Waals surface area (Å²) in [6.07, 6.45) is 2.52. The third-order valence-electron chi connectivity index (χ3n) is 3.40. The van der Waals surface area contributed by atoms with Gasteiger partial charge in [0.1, 0.15) is 0 Å². The van der Waals surface area contributed by atoms with Crippen molar-refractivity contribution in [2.24, 2.45) is 7.05 Å². The Labute approximate surface area is 122 Å². The minimum Gasteiger partial charge on any atom is -0.333 e. The number of amides is 2. The Bertz CT molecular complexity index is 586. The Hall–Kier alpha value is -1.82. The number of hydrogen-bond donors (Lipinski definition) is 2. The molecular formula is C14H18N4OS. The number of aryl methyl sites for hydroxylation is 1. The molecule has 2 aromatic rings. The van der Waals surface area contributed by atoms with Crippen molar-refractivity contribution in [2.75, 3.05) is 0 Å². The van der Waals surface area contributed by atoms with E-state index >= 15 is 0 Å². The van der Waals surface area contributed by atoms with E-state index < -0.39 is 0 Å². The van der Waals surface area contributed by atoms with Gasteiger partial charge in [-0.3, -0.25) is 4.68 Å². The maximum atomic E-state index is 11.7. The van der Waals surface area contributed by atoms with Crippen LogP contribution in [-0.2, 0) is 20.1 Å². The monoisotopic (exact) mass is 290 g/mol. The van der Waals surface area contributed by atoms with Crippen LogP contribution in [0, 0.1) is 0 Å². The number of nitrogens with one attached hydrogen (secondary N) is 2. The summed E-state index contributed by atoms with van der Waals surface area (Å²) in [6, 6.07) is 5.92. The molecule has 1 saturated carbocycles. The Morgan fingerprint density at radius 1 is 1.45 bits per heavy atom. The highest BCUT2D eigenvalue weighted by atomic mass is 32.1. The summed E-state index contributed by atoms with van der Waals surface area (Å²) in [6.45, 7) is 1.04. The fourth-order valence-electron chi connectivity index (χ4n) is 2.20. The molecule has 2 aromatic heterocycles. The van der Waals surface area contributed by atoms with Crippen molar-refractivity contribution in [3.63, 3.8) is 0 Å². The van der Waals surface area contributed by atoms with Gasteiger partial charge in [-0.15, -0.1) is 11.3 Å². The maximum Gasteiger partial charge on any atom is 0.315 e. The zero-order valence-corrected chi connectivity index (χ0v) is 12.2. The molecular weight excluding hydrogens is 272 g/mol. The van der Waals surface area contributed by atoms with Gasteiger partial charge in [-0.1, -0.05) is 6.07 Å². The lowest BCUT2D eigenvalue weighted by Gasteiger charge is -2.04. The van der Waals surface area contributed by atoms with Crippen LogP contribution in [0.15, 0.2) is 23.6 Å². The molecule has 20 heavy (non-hydrogen) atoms. The van der Waals surface area contributed by atoms with Crippen LogP contribution in [0.3, 0.4) is 0 Å². The summed E-state index contributed by atoms with van der Waals surface area (Å²) in [5.41, 5.74) is 2.20. The first-order valence-electron chi connectivity index (χ1n) is 6.79. The van der Waals surface area contributed by atoms with Gasteiger partial charge >= 0.3 is 6.03 Å². The molecule has 0 unspecified atom stereocenters. The van der Waals surface area contributed by atoms with Gasteiger partial charge in [0.05, 0.1) is 18.8 Å². The summed E-state index contributed by atoms with van der Waals surface area (Å²) in [4.78, 5) is 12.8. The highest BCUT2D eigenvalue weighted by Crippen LogP contribution is 2.39. The van der Waals surface area contributed by atoms with Crippen molar-refractivity contribution in [1.82, 2.24) is 20.4 Å². The van der Waals surface area contributed by atoms with Crippen LogP contribution in [-0.4, -0.2) is 15.8 Å². The van der Waals surface area contributed by atoms with Crippen molar-refractivity contribution in [1.29, 1.82) is 0 Å². The number of aromatic nitrogens is 2. The lowest BCUT2D eigenvalue weighted by molar-refractivity contribution is 0.240. The molecule has 2 N–H and O–H groups in total. The van der Waals surface area contributed by atoms with Crippen LogP contribution in [0.4, 0.5) is 4.79 Å². The van der Waals surface area contributed by atoms with E-state index in [-0.39, 0.29) is 6.03 Å². The van der Waals surface area contributed by atoms with E-state index in [4.69, 9.17) is 0 Å². The first kappa shape index (κ1) is 13.2. The topological polar surface area (TPSA) is 59.0 Å². The molecule has 0 aromatic carbocycles. The summed E-state index contributed by atoms with van der Waals surface area (Å²) in [7, 11) is 1.97.